The summed E-state index contributed by atoms with van der Waals surface area (Å²) in [6, 6.07) is 3.47. The maximum Gasteiger partial charge on any atom is 0.254 e. The van der Waals surface area contributed by atoms with Gasteiger partial charge in [0.1, 0.15) is 5.15 Å². The second-order valence-electron chi connectivity index (χ2n) is 4.88. The first-order valence-corrected chi connectivity index (χ1v) is 6.98. The summed E-state index contributed by atoms with van der Waals surface area (Å²) in [6.45, 7) is 3.58. The molecule has 0 aliphatic carbocycles. The molecule has 0 saturated carbocycles. The van der Waals surface area contributed by atoms with Gasteiger partial charge in [0.2, 0.25) is 0 Å². The smallest absolute Gasteiger partial charge is 0.254 e. The number of nitrogens with zero attached hydrogens (tertiary/aromatic N) is 2. The van der Waals surface area contributed by atoms with Crippen LogP contribution in [0, 0.1) is 6.92 Å². The van der Waals surface area contributed by atoms with E-state index in [1.54, 1.807) is 6.07 Å². The quantitative estimate of drug-likeness (QED) is 0.730. The van der Waals surface area contributed by atoms with Gasteiger partial charge < -0.3 is 4.90 Å². The fourth-order valence-corrected chi connectivity index (χ4v) is 2.64. The van der Waals surface area contributed by atoms with Crippen LogP contribution in [-0.2, 0) is 0 Å². The molecule has 0 radical (unpaired) electrons. The van der Waals surface area contributed by atoms with Crippen LogP contribution in [0.5, 0.6) is 0 Å². The number of pyridine rings is 1. The Morgan fingerprint density at radius 3 is 2.39 bits per heavy atom. The van der Waals surface area contributed by atoms with Crippen molar-refractivity contribution in [1.82, 2.24) is 9.88 Å². The van der Waals surface area contributed by atoms with Gasteiger partial charge in [0.05, 0.1) is 0 Å². The van der Waals surface area contributed by atoms with E-state index in [0.29, 0.717) is 10.7 Å². The number of likely N-dealkylation sites (tertiary alicyclic amines) is 1. The van der Waals surface area contributed by atoms with Crippen LogP contribution in [0.3, 0.4) is 0 Å². The molecule has 0 unspecified atom stereocenters. The van der Waals surface area contributed by atoms with E-state index in [9.17, 15) is 4.79 Å². The number of carbonyl (C=O) groups excluding carboxylic acids is 1. The van der Waals surface area contributed by atoms with Crippen molar-refractivity contribution < 1.29 is 4.79 Å². The van der Waals surface area contributed by atoms with E-state index >= 15 is 0 Å². The molecule has 0 bridgehead atoms. The van der Waals surface area contributed by atoms with E-state index in [-0.39, 0.29) is 5.91 Å². The SMILES string of the molecule is Cc1cc(C(=O)N2CCCCCCC2)cc(Cl)n1. The van der Waals surface area contributed by atoms with Crippen molar-refractivity contribution in [3.8, 4) is 0 Å². The van der Waals surface area contributed by atoms with Gasteiger partial charge in [-0.25, -0.2) is 4.98 Å². The number of rotatable bonds is 1. The first-order valence-electron chi connectivity index (χ1n) is 6.60. The Bertz CT molecular complexity index is 406. The zero-order chi connectivity index (χ0) is 13.0. The summed E-state index contributed by atoms with van der Waals surface area (Å²) in [4.78, 5) is 18.4. The summed E-state index contributed by atoms with van der Waals surface area (Å²) in [5, 5.41) is 0.394. The molecule has 0 spiro atoms. The lowest BCUT2D eigenvalue weighted by molar-refractivity contribution is 0.0742. The third kappa shape index (κ3) is 3.45. The van der Waals surface area contributed by atoms with Crippen LogP contribution in [0.1, 0.15) is 48.2 Å². The molecular formula is C14H19ClN2O. The van der Waals surface area contributed by atoms with Crippen molar-refractivity contribution in [2.45, 2.75) is 39.0 Å². The standard InChI is InChI=1S/C14H19ClN2O/c1-11-9-12(10-13(15)16-11)14(18)17-7-5-3-2-4-6-8-17/h9-10H,2-8H2,1H3. The second kappa shape index (κ2) is 6.19. The number of hydrogen-bond acceptors (Lipinski definition) is 2. The van der Waals surface area contributed by atoms with Crippen LogP contribution in [0.25, 0.3) is 0 Å². The maximum absolute atomic E-state index is 12.4. The molecule has 2 rings (SSSR count). The number of hydrogen-bond donors (Lipinski definition) is 0. The van der Waals surface area contributed by atoms with Gasteiger partial charge in [-0.3, -0.25) is 4.79 Å². The highest BCUT2D eigenvalue weighted by molar-refractivity contribution is 6.29. The van der Waals surface area contributed by atoms with Crippen LogP contribution >= 0.6 is 11.6 Å². The molecule has 0 N–H and O–H groups in total. The summed E-state index contributed by atoms with van der Waals surface area (Å²) in [5.41, 5.74) is 1.45. The molecule has 2 heterocycles. The van der Waals surface area contributed by atoms with E-state index in [0.717, 1.165) is 31.6 Å². The third-order valence-electron chi connectivity index (χ3n) is 3.31. The Morgan fingerprint density at radius 2 is 1.78 bits per heavy atom. The molecular weight excluding hydrogens is 248 g/mol. The lowest BCUT2D eigenvalue weighted by atomic mass is 10.1. The normalized spacial score (nSPS) is 17.1. The van der Waals surface area contributed by atoms with Crippen LogP contribution < -0.4 is 0 Å². The predicted molar refractivity (Wildman–Crippen MR) is 73.0 cm³/mol. The fourth-order valence-electron chi connectivity index (χ4n) is 2.38. The van der Waals surface area contributed by atoms with E-state index in [4.69, 9.17) is 11.6 Å². The Balaban J connectivity index is 2.13. The number of carbonyl (C=O) groups is 1. The van der Waals surface area contributed by atoms with Crippen LogP contribution in [0.2, 0.25) is 5.15 Å². The molecule has 0 atom stereocenters. The number of amides is 1. The van der Waals surface area contributed by atoms with Gasteiger partial charge in [0, 0.05) is 24.3 Å². The van der Waals surface area contributed by atoms with Gasteiger partial charge in [0.25, 0.3) is 5.91 Å². The summed E-state index contributed by atoms with van der Waals surface area (Å²) >= 11 is 5.91. The van der Waals surface area contributed by atoms with Crippen molar-refractivity contribution in [2.75, 3.05) is 13.1 Å². The van der Waals surface area contributed by atoms with Crippen molar-refractivity contribution in [2.24, 2.45) is 0 Å². The zero-order valence-electron chi connectivity index (χ0n) is 10.8. The lowest BCUT2D eigenvalue weighted by Crippen LogP contribution is -2.33. The van der Waals surface area contributed by atoms with Crippen molar-refractivity contribution >= 4 is 17.5 Å². The highest BCUT2D eigenvalue weighted by atomic mass is 35.5. The van der Waals surface area contributed by atoms with Crippen LogP contribution in [-0.4, -0.2) is 28.9 Å². The van der Waals surface area contributed by atoms with Gasteiger partial charge >= 0.3 is 0 Å². The molecule has 4 heteroatoms. The van der Waals surface area contributed by atoms with Gasteiger partial charge in [-0.2, -0.15) is 0 Å². The number of aromatic nitrogens is 1. The molecule has 3 nitrogen and oxygen atoms in total. The average Bonchev–Trinajstić information content (AvgIpc) is 2.26. The third-order valence-corrected chi connectivity index (χ3v) is 3.51. The predicted octanol–water partition coefficient (Wildman–Crippen LogP) is 3.45. The number of halogens is 1. The fraction of sp³-hybridized carbons (Fsp3) is 0.571. The minimum atomic E-state index is 0.0873. The number of aryl methyl sites for hydroxylation is 1. The molecule has 1 aromatic rings. The van der Waals surface area contributed by atoms with E-state index in [1.807, 2.05) is 17.9 Å². The highest BCUT2D eigenvalue weighted by Crippen LogP contribution is 2.16. The summed E-state index contributed by atoms with van der Waals surface area (Å²) in [7, 11) is 0. The lowest BCUT2D eigenvalue weighted by Gasteiger charge is -2.25. The van der Waals surface area contributed by atoms with Gasteiger partial charge in [0.15, 0.2) is 0 Å². The minimum absolute atomic E-state index is 0.0873. The first kappa shape index (κ1) is 13.3. The highest BCUT2D eigenvalue weighted by Gasteiger charge is 2.17. The molecule has 1 aliphatic rings. The molecule has 18 heavy (non-hydrogen) atoms. The maximum atomic E-state index is 12.4. The Labute approximate surface area is 113 Å². The van der Waals surface area contributed by atoms with Crippen molar-refractivity contribution in [3.63, 3.8) is 0 Å². The monoisotopic (exact) mass is 266 g/mol. The Hall–Kier alpha value is -1.09. The molecule has 1 fully saturated rings. The topological polar surface area (TPSA) is 33.2 Å². The summed E-state index contributed by atoms with van der Waals surface area (Å²) in [6.07, 6.45) is 5.94. The van der Waals surface area contributed by atoms with E-state index in [2.05, 4.69) is 4.98 Å². The Morgan fingerprint density at radius 1 is 1.17 bits per heavy atom. The molecule has 1 aromatic heterocycles. The zero-order valence-corrected chi connectivity index (χ0v) is 11.5. The molecule has 1 amide bonds. The first-order chi connectivity index (χ1) is 8.66. The average molecular weight is 267 g/mol. The van der Waals surface area contributed by atoms with E-state index < -0.39 is 0 Å². The molecule has 0 aromatic carbocycles. The summed E-state index contributed by atoms with van der Waals surface area (Å²) in [5.74, 6) is 0.0873. The molecule has 98 valence electrons. The minimum Gasteiger partial charge on any atom is -0.339 e. The van der Waals surface area contributed by atoms with Gasteiger partial charge in [-0.1, -0.05) is 30.9 Å². The largest absolute Gasteiger partial charge is 0.339 e. The second-order valence-corrected chi connectivity index (χ2v) is 5.27. The van der Waals surface area contributed by atoms with Crippen molar-refractivity contribution in [1.29, 1.82) is 0 Å². The summed E-state index contributed by atoms with van der Waals surface area (Å²) < 4.78 is 0. The van der Waals surface area contributed by atoms with Gasteiger partial charge in [-0.15, -0.1) is 0 Å². The van der Waals surface area contributed by atoms with Crippen molar-refractivity contribution in [3.05, 3.63) is 28.5 Å². The van der Waals surface area contributed by atoms with Gasteiger partial charge in [-0.05, 0) is 31.9 Å². The Kier molecular flexibility index (Phi) is 4.59. The van der Waals surface area contributed by atoms with Crippen LogP contribution in [0.15, 0.2) is 12.1 Å². The molecule has 1 saturated heterocycles. The van der Waals surface area contributed by atoms with E-state index in [1.165, 1.54) is 19.3 Å². The molecule has 1 aliphatic heterocycles. The van der Waals surface area contributed by atoms with Crippen LogP contribution in [0.4, 0.5) is 0 Å².